The van der Waals surface area contributed by atoms with Gasteiger partial charge < -0.3 is 10.2 Å². The van der Waals surface area contributed by atoms with Gasteiger partial charge in [-0.2, -0.15) is 0 Å². The first-order valence-electron chi connectivity index (χ1n) is 6.33. The van der Waals surface area contributed by atoms with E-state index in [1.807, 2.05) is 6.07 Å². The van der Waals surface area contributed by atoms with Gasteiger partial charge in [-0.25, -0.2) is 4.98 Å². The molecule has 3 nitrogen and oxygen atoms in total. The van der Waals surface area contributed by atoms with Crippen molar-refractivity contribution in [3.8, 4) is 0 Å². The Kier molecular flexibility index (Phi) is 5.63. The van der Waals surface area contributed by atoms with Gasteiger partial charge in [-0.15, -0.1) is 11.3 Å². The minimum Gasteiger partial charge on any atom is -0.375 e. The van der Waals surface area contributed by atoms with Crippen molar-refractivity contribution in [3.63, 3.8) is 0 Å². The molecular weight excluding hydrogens is 278 g/mol. The lowest BCUT2D eigenvalue weighted by Gasteiger charge is -2.19. The van der Waals surface area contributed by atoms with Crippen molar-refractivity contribution in [1.82, 2.24) is 10.3 Å². The van der Waals surface area contributed by atoms with Gasteiger partial charge in [0, 0.05) is 25.8 Å². The van der Waals surface area contributed by atoms with Gasteiger partial charge in [0.25, 0.3) is 0 Å². The fraction of sp³-hybridized carbons (Fsp3) is 0.357. The Bertz CT molecular complexity index is 486. The highest BCUT2D eigenvalue weighted by Crippen LogP contribution is 2.17. The van der Waals surface area contributed by atoms with Crippen LogP contribution in [0.3, 0.4) is 0 Å². The molecule has 1 N–H and O–H groups in total. The molecule has 2 rings (SSSR count). The van der Waals surface area contributed by atoms with E-state index >= 15 is 0 Å². The van der Waals surface area contributed by atoms with Gasteiger partial charge in [-0.1, -0.05) is 29.8 Å². The second-order valence-electron chi connectivity index (χ2n) is 4.35. The Labute approximate surface area is 123 Å². The predicted octanol–water partition coefficient (Wildman–Crippen LogP) is 3.41. The molecule has 0 unspecified atom stereocenters. The molecular formula is C14H18ClN3S. The molecule has 0 bridgehead atoms. The molecule has 0 saturated heterocycles. The molecule has 1 heterocycles. The van der Waals surface area contributed by atoms with Crippen molar-refractivity contribution >= 4 is 28.6 Å². The van der Waals surface area contributed by atoms with E-state index in [0.29, 0.717) is 0 Å². The largest absolute Gasteiger partial charge is 0.375 e. The zero-order chi connectivity index (χ0) is 13.5. The molecule has 0 amide bonds. The Morgan fingerprint density at radius 2 is 2.11 bits per heavy atom. The normalized spacial score (nSPS) is 10.6. The summed E-state index contributed by atoms with van der Waals surface area (Å²) in [6, 6.07) is 10.4. The van der Waals surface area contributed by atoms with Gasteiger partial charge in [-0.05, 0) is 25.1 Å². The molecule has 1 aromatic heterocycles. The number of nitrogens with one attached hydrogen (secondary N) is 1. The highest BCUT2D eigenvalue weighted by atomic mass is 35.5. The highest BCUT2D eigenvalue weighted by Gasteiger charge is 2.01. The summed E-state index contributed by atoms with van der Waals surface area (Å²) in [6.07, 6.45) is 2.80. The molecule has 19 heavy (non-hydrogen) atoms. The summed E-state index contributed by atoms with van der Waals surface area (Å²) in [5.74, 6) is 0. The molecule has 0 aliphatic rings. The molecule has 0 atom stereocenters. The van der Waals surface area contributed by atoms with Gasteiger partial charge >= 0.3 is 0 Å². The van der Waals surface area contributed by atoms with Gasteiger partial charge in [0.15, 0.2) is 0 Å². The lowest BCUT2D eigenvalue weighted by molar-refractivity contribution is 0.644. The third-order valence-corrected chi connectivity index (χ3v) is 3.96. The van der Waals surface area contributed by atoms with Gasteiger partial charge in [0.1, 0.15) is 9.34 Å². The zero-order valence-corrected chi connectivity index (χ0v) is 12.5. The second kappa shape index (κ2) is 7.48. The SMILES string of the molecule is CN(CCCNCc1ncc(Cl)s1)c1ccccc1. The molecule has 102 valence electrons. The average molecular weight is 296 g/mol. The number of benzene rings is 1. The van der Waals surface area contributed by atoms with Crippen molar-refractivity contribution in [2.24, 2.45) is 0 Å². The van der Waals surface area contributed by atoms with Gasteiger partial charge in [0.05, 0.1) is 6.20 Å². The summed E-state index contributed by atoms with van der Waals surface area (Å²) < 4.78 is 0.751. The molecule has 0 aliphatic heterocycles. The number of halogens is 1. The minimum atomic E-state index is 0.751. The smallest absolute Gasteiger partial charge is 0.113 e. The third kappa shape index (κ3) is 4.82. The standard InChI is InChI=1S/C14H18ClN3S/c1-18(12-6-3-2-4-7-12)9-5-8-16-11-14-17-10-13(15)19-14/h2-4,6-7,10,16H,5,8-9,11H2,1H3. The number of hydrogen-bond donors (Lipinski definition) is 1. The number of aromatic nitrogens is 1. The third-order valence-electron chi connectivity index (χ3n) is 2.85. The van der Waals surface area contributed by atoms with Crippen molar-refractivity contribution in [3.05, 3.63) is 45.9 Å². The zero-order valence-electron chi connectivity index (χ0n) is 11.0. The summed E-state index contributed by atoms with van der Waals surface area (Å²) in [7, 11) is 2.12. The maximum absolute atomic E-state index is 5.83. The van der Waals surface area contributed by atoms with E-state index in [4.69, 9.17) is 11.6 Å². The van der Waals surface area contributed by atoms with Crippen molar-refractivity contribution in [2.75, 3.05) is 25.0 Å². The number of thiazole rings is 1. The molecule has 0 radical (unpaired) electrons. The van der Waals surface area contributed by atoms with E-state index in [2.05, 4.69) is 46.5 Å². The first kappa shape index (κ1) is 14.3. The van der Waals surface area contributed by atoms with Crippen LogP contribution < -0.4 is 10.2 Å². The maximum Gasteiger partial charge on any atom is 0.113 e. The van der Waals surface area contributed by atoms with Crippen LogP contribution in [0.15, 0.2) is 36.5 Å². The molecule has 1 aromatic carbocycles. The second-order valence-corrected chi connectivity index (χ2v) is 6.09. The number of para-hydroxylation sites is 1. The van der Waals surface area contributed by atoms with Crippen LogP contribution in [0.1, 0.15) is 11.4 Å². The van der Waals surface area contributed by atoms with Crippen LogP contribution >= 0.6 is 22.9 Å². The van der Waals surface area contributed by atoms with Crippen LogP contribution in [0, 0.1) is 0 Å². The average Bonchev–Trinajstić information content (AvgIpc) is 2.85. The van der Waals surface area contributed by atoms with Gasteiger partial charge in [-0.3, -0.25) is 0 Å². The van der Waals surface area contributed by atoms with E-state index in [9.17, 15) is 0 Å². The van der Waals surface area contributed by atoms with Crippen molar-refractivity contribution in [2.45, 2.75) is 13.0 Å². The van der Waals surface area contributed by atoms with E-state index in [0.717, 1.165) is 35.4 Å². The molecule has 0 saturated carbocycles. The van der Waals surface area contributed by atoms with Crippen molar-refractivity contribution in [1.29, 1.82) is 0 Å². The number of anilines is 1. The monoisotopic (exact) mass is 295 g/mol. The molecule has 0 aliphatic carbocycles. The van der Waals surface area contributed by atoms with Crippen LogP contribution in [0.4, 0.5) is 5.69 Å². The van der Waals surface area contributed by atoms with Crippen LogP contribution in [-0.2, 0) is 6.54 Å². The van der Waals surface area contributed by atoms with Gasteiger partial charge in [0.2, 0.25) is 0 Å². The lowest BCUT2D eigenvalue weighted by Crippen LogP contribution is -2.23. The predicted molar refractivity (Wildman–Crippen MR) is 83.2 cm³/mol. The van der Waals surface area contributed by atoms with Crippen LogP contribution in [0.5, 0.6) is 0 Å². The Balaban J connectivity index is 1.62. The topological polar surface area (TPSA) is 28.2 Å². The Morgan fingerprint density at radius 1 is 1.32 bits per heavy atom. The van der Waals surface area contributed by atoms with E-state index in [-0.39, 0.29) is 0 Å². The van der Waals surface area contributed by atoms with E-state index in [1.165, 1.54) is 17.0 Å². The Morgan fingerprint density at radius 3 is 2.79 bits per heavy atom. The summed E-state index contributed by atoms with van der Waals surface area (Å²) in [5, 5.41) is 4.43. The maximum atomic E-state index is 5.83. The summed E-state index contributed by atoms with van der Waals surface area (Å²) in [6.45, 7) is 2.82. The lowest BCUT2D eigenvalue weighted by atomic mass is 10.3. The van der Waals surface area contributed by atoms with Crippen LogP contribution in [0.2, 0.25) is 4.34 Å². The van der Waals surface area contributed by atoms with Crippen molar-refractivity contribution < 1.29 is 0 Å². The molecule has 0 spiro atoms. The fourth-order valence-electron chi connectivity index (χ4n) is 1.82. The minimum absolute atomic E-state index is 0.751. The van der Waals surface area contributed by atoms with E-state index < -0.39 is 0 Å². The number of rotatable bonds is 7. The summed E-state index contributed by atoms with van der Waals surface area (Å²) >= 11 is 7.36. The number of nitrogens with zero attached hydrogens (tertiary/aromatic N) is 2. The summed E-state index contributed by atoms with van der Waals surface area (Å²) in [4.78, 5) is 6.48. The molecule has 5 heteroatoms. The van der Waals surface area contributed by atoms with Crippen LogP contribution in [-0.4, -0.2) is 25.1 Å². The Hall–Kier alpha value is -1.10. The van der Waals surface area contributed by atoms with Crippen LogP contribution in [0.25, 0.3) is 0 Å². The first-order chi connectivity index (χ1) is 9.25. The number of hydrogen-bond acceptors (Lipinski definition) is 4. The highest BCUT2D eigenvalue weighted by molar-refractivity contribution is 7.15. The first-order valence-corrected chi connectivity index (χ1v) is 7.52. The van der Waals surface area contributed by atoms with E-state index in [1.54, 1.807) is 6.20 Å². The summed E-state index contributed by atoms with van der Waals surface area (Å²) in [5.41, 5.74) is 1.26. The molecule has 2 aromatic rings. The quantitative estimate of drug-likeness (QED) is 0.794. The fourth-order valence-corrected chi connectivity index (χ4v) is 2.74. The molecule has 0 fully saturated rings.